The molecule has 0 aliphatic rings. The van der Waals surface area contributed by atoms with E-state index in [1.165, 1.54) is 0 Å². The van der Waals surface area contributed by atoms with Gasteiger partial charge in [-0.1, -0.05) is 0 Å². The van der Waals surface area contributed by atoms with Crippen LogP contribution in [0.1, 0.15) is 0 Å². The van der Waals surface area contributed by atoms with E-state index in [0.29, 0.717) is 0 Å². The molecule has 0 bridgehead atoms. The molecule has 0 aromatic rings. The van der Waals surface area contributed by atoms with Gasteiger partial charge in [0.15, 0.2) is 0 Å². The Hall–Kier alpha value is -1.19. The lowest BCUT2D eigenvalue weighted by Crippen LogP contribution is -2.16. The fourth-order valence-corrected chi connectivity index (χ4v) is 0.411. The van der Waals surface area contributed by atoms with Gasteiger partial charge in [0.05, 0.1) is 0 Å². The van der Waals surface area contributed by atoms with Crippen LogP contribution in [0.5, 0.6) is 0 Å². The number of ether oxygens (including phenoxy) is 1. The van der Waals surface area contributed by atoms with E-state index in [0.717, 1.165) is 12.2 Å². The van der Waals surface area contributed by atoms with E-state index in [2.05, 4.69) is 4.74 Å². The molecule has 0 aromatic heterocycles. The zero-order valence-corrected chi connectivity index (χ0v) is 6.40. The highest BCUT2D eigenvalue weighted by Gasteiger charge is 2.00. The van der Waals surface area contributed by atoms with Gasteiger partial charge in [-0.25, -0.2) is 9.59 Å². The summed E-state index contributed by atoms with van der Waals surface area (Å²) in [6, 6.07) is 0. The minimum absolute atomic E-state index is 0.221. The summed E-state index contributed by atoms with van der Waals surface area (Å²) in [4.78, 5) is 20.5. The summed E-state index contributed by atoms with van der Waals surface area (Å²) in [5.74, 6) is -2.02. The van der Waals surface area contributed by atoms with E-state index in [1.807, 2.05) is 0 Å². The number of carbonyl (C=O) groups is 2. The Morgan fingerprint density at radius 1 is 1.36 bits per heavy atom. The van der Waals surface area contributed by atoms with Gasteiger partial charge in [0.2, 0.25) is 0 Å². The Balaban J connectivity index is 3.78. The molecule has 0 aromatic carbocycles. The predicted octanol–water partition coefficient (Wildman–Crippen LogP) is -2.28. The molecule has 0 aliphatic carbocycles. The van der Waals surface area contributed by atoms with Crippen LogP contribution in [-0.4, -0.2) is 38.6 Å². The molecule has 0 saturated carbocycles. The molecule has 0 saturated heterocycles. The Morgan fingerprint density at radius 2 is 1.91 bits per heavy atom. The van der Waals surface area contributed by atoms with Crippen LogP contribution in [0.4, 0.5) is 0 Å². The number of carbonyl (C=O) groups excluding carboxylic acids is 1. The number of hydrogen-bond acceptors (Lipinski definition) is 3. The Labute approximate surface area is 66.0 Å². The van der Waals surface area contributed by atoms with Crippen LogP contribution >= 0.6 is 0 Å². The van der Waals surface area contributed by atoms with Gasteiger partial charge in [-0.2, -0.15) is 0 Å². The first-order valence-corrected chi connectivity index (χ1v) is 3.14. The fraction of sp³-hybridized carbons (Fsp3) is 0.200. The van der Waals surface area contributed by atoms with E-state index < -0.39 is 11.9 Å². The summed E-state index contributed by atoms with van der Waals surface area (Å²) < 4.78 is 4.61. The van der Waals surface area contributed by atoms with Gasteiger partial charge >= 0.3 is 11.9 Å². The molecule has 1 N–H and O–H groups in total. The summed E-state index contributed by atoms with van der Waals surface area (Å²) in [6.45, 7) is 0. The fourth-order valence-electron chi connectivity index (χ4n) is 0.411. The molecule has 0 radical (unpaired) electrons. The number of carboxylic acids is 1. The van der Waals surface area contributed by atoms with Crippen molar-refractivity contribution in [1.82, 2.24) is 0 Å². The van der Waals surface area contributed by atoms with Crippen molar-refractivity contribution in [2.24, 2.45) is 0 Å². The molecular formula is C5H8B2O4. The first-order chi connectivity index (χ1) is 5.02. The van der Waals surface area contributed by atoms with Crippen molar-refractivity contribution < 1.29 is 19.4 Å². The van der Waals surface area contributed by atoms with Gasteiger partial charge in [-0.15, -0.1) is 0 Å². The highest BCUT2D eigenvalue weighted by atomic mass is 16.5. The van der Waals surface area contributed by atoms with Crippen LogP contribution < -0.4 is 0 Å². The maximum atomic E-state index is 10.6. The minimum atomic E-state index is -1.16. The van der Waals surface area contributed by atoms with Gasteiger partial charge < -0.3 is 9.84 Å². The second-order valence-corrected chi connectivity index (χ2v) is 2.16. The number of aliphatic carboxylic acids is 1. The van der Waals surface area contributed by atoms with E-state index in [9.17, 15) is 9.59 Å². The maximum absolute atomic E-state index is 10.6. The van der Waals surface area contributed by atoms with Gasteiger partial charge in [0.1, 0.15) is 15.7 Å². The number of esters is 1. The second kappa shape index (κ2) is 4.60. The van der Waals surface area contributed by atoms with Crippen LogP contribution in [0, 0.1) is 0 Å². The normalized spacial score (nSPS) is 10.3. The van der Waals surface area contributed by atoms with Crippen molar-refractivity contribution >= 4 is 27.6 Å². The van der Waals surface area contributed by atoms with Gasteiger partial charge in [0, 0.05) is 18.1 Å². The molecule has 0 fully saturated rings. The summed E-state index contributed by atoms with van der Waals surface area (Å²) in [7, 11) is 3.37. The molecule has 0 spiro atoms. The zero-order valence-electron chi connectivity index (χ0n) is 6.40. The van der Waals surface area contributed by atoms with Crippen molar-refractivity contribution in [3.05, 3.63) is 12.2 Å². The highest BCUT2D eigenvalue weighted by molar-refractivity contribution is 6.35. The summed E-state index contributed by atoms with van der Waals surface area (Å²) in [5.41, 5.74) is 0. The SMILES string of the molecule is BC(B)OC(=O)/C=C/C(=O)O. The summed E-state index contributed by atoms with van der Waals surface area (Å²) >= 11 is 0. The largest absolute Gasteiger partial charge is 0.478 e. The quantitative estimate of drug-likeness (QED) is 0.282. The summed E-state index contributed by atoms with van der Waals surface area (Å²) in [5, 5.41) is 8.10. The van der Waals surface area contributed by atoms with Crippen LogP contribution in [0.15, 0.2) is 12.2 Å². The monoisotopic (exact) mass is 154 g/mol. The zero-order chi connectivity index (χ0) is 8.85. The molecule has 0 rings (SSSR count). The van der Waals surface area contributed by atoms with E-state index >= 15 is 0 Å². The minimum Gasteiger partial charge on any atom is -0.478 e. The van der Waals surface area contributed by atoms with Gasteiger partial charge in [-0.3, -0.25) is 0 Å². The average Bonchev–Trinajstić information content (AvgIpc) is 1.82. The Bertz CT molecular complexity index is 187. The molecule has 0 unspecified atom stereocenters. The van der Waals surface area contributed by atoms with Gasteiger partial charge in [-0.05, 0) is 0 Å². The van der Waals surface area contributed by atoms with E-state index in [4.69, 9.17) is 5.11 Å². The highest BCUT2D eigenvalue weighted by Crippen LogP contribution is 1.84. The van der Waals surface area contributed by atoms with E-state index in [1.54, 1.807) is 15.7 Å². The molecule has 6 heteroatoms. The molecule has 11 heavy (non-hydrogen) atoms. The molecule has 0 aliphatic heterocycles. The van der Waals surface area contributed by atoms with Crippen LogP contribution in [0.3, 0.4) is 0 Å². The number of hydrogen-bond donors (Lipinski definition) is 1. The first-order valence-electron chi connectivity index (χ1n) is 3.14. The lowest BCUT2D eigenvalue weighted by molar-refractivity contribution is -0.138. The lowest BCUT2D eigenvalue weighted by Gasteiger charge is -2.03. The second-order valence-electron chi connectivity index (χ2n) is 2.16. The predicted molar refractivity (Wildman–Crippen MR) is 43.7 cm³/mol. The number of rotatable bonds is 3. The standard InChI is InChI=1S/C5H8B2O4/c6-5(7)11-4(10)2-1-3(8)9/h1-2,5H,6-7H2,(H,8,9)/b2-1+. The third-order valence-electron chi connectivity index (χ3n) is 0.714. The third kappa shape index (κ3) is 6.70. The molecule has 0 amide bonds. The van der Waals surface area contributed by atoms with Crippen molar-refractivity contribution in [3.63, 3.8) is 0 Å². The van der Waals surface area contributed by atoms with Crippen LogP contribution in [0.25, 0.3) is 0 Å². The first kappa shape index (κ1) is 9.81. The van der Waals surface area contributed by atoms with Crippen molar-refractivity contribution in [3.8, 4) is 0 Å². The molecule has 0 atom stereocenters. The molecule has 58 valence electrons. The lowest BCUT2D eigenvalue weighted by atomic mass is 9.82. The van der Waals surface area contributed by atoms with Crippen molar-refractivity contribution in [2.75, 3.05) is 0 Å². The van der Waals surface area contributed by atoms with Crippen molar-refractivity contribution in [2.45, 2.75) is 5.90 Å². The van der Waals surface area contributed by atoms with E-state index in [-0.39, 0.29) is 5.90 Å². The third-order valence-corrected chi connectivity index (χ3v) is 0.714. The molecular weight excluding hydrogens is 146 g/mol. The maximum Gasteiger partial charge on any atom is 0.329 e. The topological polar surface area (TPSA) is 63.6 Å². The van der Waals surface area contributed by atoms with Crippen molar-refractivity contribution in [1.29, 1.82) is 0 Å². The number of carboxylic acid groups (broad SMARTS) is 1. The Kier molecular flexibility index (Phi) is 4.10. The average molecular weight is 154 g/mol. The van der Waals surface area contributed by atoms with Crippen LogP contribution in [0.2, 0.25) is 0 Å². The summed E-state index contributed by atoms with van der Waals surface area (Å²) in [6.07, 6.45) is 1.62. The molecule has 0 heterocycles. The van der Waals surface area contributed by atoms with Crippen LogP contribution in [-0.2, 0) is 14.3 Å². The van der Waals surface area contributed by atoms with Gasteiger partial charge in [0.25, 0.3) is 0 Å². The molecule has 4 nitrogen and oxygen atoms in total. The smallest absolute Gasteiger partial charge is 0.329 e. The Morgan fingerprint density at radius 3 is 2.27 bits per heavy atom.